The molecule has 1 aromatic heterocycles. The van der Waals surface area contributed by atoms with E-state index < -0.39 is 0 Å². The molecule has 3 aromatic rings. The number of para-hydroxylation sites is 1. The lowest BCUT2D eigenvalue weighted by Gasteiger charge is -2.39. The van der Waals surface area contributed by atoms with Gasteiger partial charge in [0.2, 0.25) is 5.91 Å². The lowest BCUT2D eigenvalue weighted by atomic mass is 9.98. The maximum absolute atomic E-state index is 13.7. The fourth-order valence-corrected chi connectivity index (χ4v) is 4.73. The molecule has 1 atom stereocenters. The molecule has 0 saturated heterocycles. The fraction of sp³-hybridized carbons (Fsp3) is 0.357. The Kier molecular flexibility index (Phi) is 7.44. The predicted molar refractivity (Wildman–Crippen MR) is 138 cm³/mol. The molecular formula is C28H34N4O3. The molecule has 2 heterocycles. The maximum Gasteiger partial charge on any atom is 0.322 e. The number of fused-ring (bicyclic) bond motifs is 1. The number of rotatable bonds is 7. The largest absolute Gasteiger partial charge is 0.496 e. The summed E-state index contributed by atoms with van der Waals surface area (Å²) in [5.74, 6) is 0.654. The van der Waals surface area contributed by atoms with Gasteiger partial charge in [0.25, 0.3) is 0 Å². The van der Waals surface area contributed by atoms with E-state index in [1.807, 2.05) is 86.5 Å². The lowest BCUT2D eigenvalue weighted by Crippen LogP contribution is -2.49. The summed E-state index contributed by atoms with van der Waals surface area (Å²) >= 11 is 0. The Bertz CT molecular complexity index is 1200. The molecule has 1 aliphatic heterocycles. The van der Waals surface area contributed by atoms with Gasteiger partial charge in [0.05, 0.1) is 7.11 Å². The highest BCUT2D eigenvalue weighted by Gasteiger charge is 2.34. The van der Waals surface area contributed by atoms with Gasteiger partial charge in [0.15, 0.2) is 0 Å². The molecule has 0 aliphatic carbocycles. The van der Waals surface area contributed by atoms with Crippen LogP contribution in [0.2, 0.25) is 0 Å². The molecule has 35 heavy (non-hydrogen) atoms. The van der Waals surface area contributed by atoms with Crippen LogP contribution in [0.3, 0.4) is 0 Å². The third-order valence-electron chi connectivity index (χ3n) is 6.75. The molecule has 0 saturated carbocycles. The number of ether oxygens (including phenoxy) is 1. The van der Waals surface area contributed by atoms with E-state index in [2.05, 4.69) is 9.88 Å². The van der Waals surface area contributed by atoms with Gasteiger partial charge in [-0.1, -0.05) is 37.3 Å². The Morgan fingerprint density at radius 1 is 1.06 bits per heavy atom. The number of amides is 3. The molecule has 2 aromatic carbocycles. The minimum absolute atomic E-state index is 0.0108. The number of aryl methyl sites for hydroxylation is 1. The number of hydrogen-bond acceptors (Lipinski definition) is 3. The molecule has 0 bridgehead atoms. The number of hydrogen-bond donors (Lipinski definition) is 1. The maximum atomic E-state index is 13.7. The molecule has 0 radical (unpaired) electrons. The van der Waals surface area contributed by atoms with Crippen molar-refractivity contribution in [2.75, 3.05) is 32.1 Å². The minimum Gasteiger partial charge on any atom is -0.496 e. The zero-order chi connectivity index (χ0) is 24.9. The van der Waals surface area contributed by atoms with Gasteiger partial charge in [0, 0.05) is 42.8 Å². The van der Waals surface area contributed by atoms with Gasteiger partial charge in [-0.15, -0.1) is 0 Å². The highest BCUT2D eigenvalue weighted by atomic mass is 16.5. The van der Waals surface area contributed by atoms with E-state index in [1.165, 1.54) is 0 Å². The zero-order valence-corrected chi connectivity index (χ0v) is 21.0. The van der Waals surface area contributed by atoms with E-state index in [0.29, 0.717) is 19.6 Å². The standard InChI is InChI=1S/C28H34N4O3/c1-5-15-31(28(34)29-23-12-8-10-20(2)21(23)3)19-26(33)32-18-17-30-16-9-13-24(30)27(32)22-11-6-7-14-25(22)35-4/h6-14,16,27H,5,15,17-19H2,1-4H3,(H,29,34). The number of anilines is 1. The van der Waals surface area contributed by atoms with Crippen LogP contribution in [0, 0.1) is 13.8 Å². The van der Waals surface area contributed by atoms with Gasteiger partial charge in [-0.05, 0) is 55.7 Å². The van der Waals surface area contributed by atoms with Gasteiger partial charge in [-0.2, -0.15) is 0 Å². The number of carbonyl (C=O) groups excluding carboxylic acids is 2. The molecule has 1 aliphatic rings. The van der Waals surface area contributed by atoms with Crippen LogP contribution in [0.25, 0.3) is 0 Å². The smallest absolute Gasteiger partial charge is 0.322 e. The summed E-state index contributed by atoms with van der Waals surface area (Å²) in [5, 5.41) is 3.01. The zero-order valence-electron chi connectivity index (χ0n) is 21.0. The summed E-state index contributed by atoms with van der Waals surface area (Å²) in [6.07, 6.45) is 2.80. The topological polar surface area (TPSA) is 66.8 Å². The highest BCUT2D eigenvalue weighted by molar-refractivity contribution is 5.93. The number of nitrogens with zero attached hydrogens (tertiary/aromatic N) is 3. The molecule has 0 spiro atoms. The van der Waals surface area contributed by atoms with E-state index in [9.17, 15) is 9.59 Å². The van der Waals surface area contributed by atoms with E-state index >= 15 is 0 Å². The second kappa shape index (κ2) is 10.7. The predicted octanol–water partition coefficient (Wildman–Crippen LogP) is 4.99. The van der Waals surface area contributed by atoms with Crippen LogP contribution in [0.4, 0.5) is 10.5 Å². The Hall–Kier alpha value is -3.74. The number of urea groups is 1. The molecule has 1 N–H and O–H groups in total. The van der Waals surface area contributed by atoms with Crippen molar-refractivity contribution in [3.8, 4) is 5.75 Å². The Balaban J connectivity index is 1.59. The second-order valence-corrected chi connectivity index (χ2v) is 8.96. The summed E-state index contributed by atoms with van der Waals surface area (Å²) in [5.41, 5.74) is 4.88. The van der Waals surface area contributed by atoms with Crippen molar-refractivity contribution in [3.05, 3.63) is 83.2 Å². The molecule has 1 unspecified atom stereocenters. The summed E-state index contributed by atoms with van der Waals surface area (Å²) in [7, 11) is 1.65. The van der Waals surface area contributed by atoms with E-state index in [0.717, 1.165) is 40.2 Å². The highest BCUT2D eigenvalue weighted by Crippen LogP contribution is 2.37. The van der Waals surface area contributed by atoms with Crippen LogP contribution in [0.1, 0.15) is 41.8 Å². The van der Waals surface area contributed by atoms with Crippen LogP contribution in [-0.4, -0.2) is 53.0 Å². The Morgan fingerprint density at radius 3 is 2.63 bits per heavy atom. The van der Waals surface area contributed by atoms with Crippen molar-refractivity contribution in [2.45, 2.75) is 39.8 Å². The van der Waals surface area contributed by atoms with Crippen molar-refractivity contribution in [1.82, 2.24) is 14.4 Å². The van der Waals surface area contributed by atoms with Crippen LogP contribution in [-0.2, 0) is 11.3 Å². The van der Waals surface area contributed by atoms with Gasteiger partial charge in [0.1, 0.15) is 18.3 Å². The number of methoxy groups -OCH3 is 1. The van der Waals surface area contributed by atoms with Gasteiger partial charge in [-0.3, -0.25) is 4.79 Å². The number of benzene rings is 2. The third-order valence-corrected chi connectivity index (χ3v) is 6.75. The first-order valence-corrected chi connectivity index (χ1v) is 12.1. The van der Waals surface area contributed by atoms with Crippen molar-refractivity contribution in [2.24, 2.45) is 0 Å². The van der Waals surface area contributed by atoms with Gasteiger partial charge >= 0.3 is 6.03 Å². The summed E-state index contributed by atoms with van der Waals surface area (Å²) < 4.78 is 7.82. The van der Waals surface area contributed by atoms with Crippen LogP contribution in [0.15, 0.2) is 60.8 Å². The summed E-state index contributed by atoms with van der Waals surface area (Å²) in [4.78, 5) is 30.4. The first-order chi connectivity index (χ1) is 16.9. The normalized spacial score (nSPS) is 14.9. The van der Waals surface area contributed by atoms with E-state index in [-0.39, 0.29) is 24.5 Å². The van der Waals surface area contributed by atoms with Gasteiger partial charge < -0.3 is 24.4 Å². The SMILES string of the molecule is CCCN(CC(=O)N1CCn2cccc2C1c1ccccc1OC)C(=O)Nc1cccc(C)c1C. The van der Waals surface area contributed by atoms with Gasteiger partial charge in [-0.25, -0.2) is 4.79 Å². The number of aromatic nitrogens is 1. The van der Waals surface area contributed by atoms with Crippen molar-refractivity contribution >= 4 is 17.6 Å². The molecular weight excluding hydrogens is 440 g/mol. The summed E-state index contributed by atoms with van der Waals surface area (Å²) in [6.45, 7) is 7.78. The number of nitrogens with one attached hydrogen (secondary N) is 1. The van der Waals surface area contributed by atoms with Crippen LogP contribution in [0.5, 0.6) is 5.75 Å². The fourth-order valence-electron chi connectivity index (χ4n) is 4.73. The first kappa shape index (κ1) is 24.4. The Morgan fingerprint density at radius 2 is 1.86 bits per heavy atom. The van der Waals surface area contributed by atoms with Crippen molar-refractivity contribution in [1.29, 1.82) is 0 Å². The number of carbonyl (C=O) groups is 2. The molecule has 184 valence electrons. The lowest BCUT2D eigenvalue weighted by molar-refractivity contribution is -0.134. The van der Waals surface area contributed by atoms with Crippen molar-refractivity contribution < 1.29 is 14.3 Å². The monoisotopic (exact) mass is 474 g/mol. The molecule has 0 fully saturated rings. The molecule has 4 rings (SSSR count). The quantitative estimate of drug-likeness (QED) is 0.525. The average molecular weight is 475 g/mol. The van der Waals surface area contributed by atoms with E-state index in [4.69, 9.17) is 4.74 Å². The summed E-state index contributed by atoms with van der Waals surface area (Å²) in [6, 6.07) is 17.2. The average Bonchev–Trinajstić information content (AvgIpc) is 3.35. The molecule has 7 nitrogen and oxygen atoms in total. The first-order valence-electron chi connectivity index (χ1n) is 12.1. The molecule has 7 heteroatoms. The van der Waals surface area contributed by atoms with Crippen LogP contribution < -0.4 is 10.1 Å². The third kappa shape index (κ3) is 5.04. The second-order valence-electron chi connectivity index (χ2n) is 8.96. The van der Waals surface area contributed by atoms with Crippen LogP contribution >= 0.6 is 0 Å². The molecule has 3 amide bonds. The van der Waals surface area contributed by atoms with Crippen molar-refractivity contribution in [3.63, 3.8) is 0 Å². The Labute approximate surface area is 207 Å². The van der Waals surface area contributed by atoms with E-state index in [1.54, 1.807) is 12.0 Å². The minimum atomic E-state index is -0.284.